The van der Waals surface area contributed by atoms with E-state index in [4.69, 9.17) is 4.74 Å². The molecule has 1 heterocycles. The largest absolute Gasteiger partial charge is 0.380 e. The molecule has 0 radical (unpaired) electrons. The number of nitrogens with one attached hydrogen (secondary N) is 1. The van der Waals surface area contributed by atoms with Gasteiger partial charge >= 0.3 is 0 Å². The van der Waals surface area contributed by atoms with E-state index in [1.165, 1.54) is 19.2 Å². The van der Waals surface area contributed by atoms with Gasteiger partial charge in [-0.15, -0.1) is 0 Å². The average Bonchev–Trinajstić information content (AvgIpc) is 2.76. The zero-order valence-corrected chi connectivity index (χ0v) is 9.22. The molecular weight excluding hydrogens is 212 g/mol. The van der Waals surface area contributed by atoms with E-state index in [1.54, 1.807) is 0 Å². The van der Waals surface area contributed by atoms with Gasteiger partial charge in [0.1, 0.15) is 11.6 Å². The highest BCUT2D eigenvalue weighted by molar-refractivity contribution is 5.30. The molecule has 0 aliphatic carbocycles. The Balaban J connectivity index is 2.37. The van der Waals surface area contributed by atoms with Gasteiger partial charge in [0.15, 0.2) is 0 Å². The van der Waals surface area contributed by atoms with Gasteiger partial charge in [-0.2, -0.15) is 0 Å². The molecule has 4 heteroatoms. The van der Waals surface area contributed by atoms with Crippen molar-refractivity contribution in [1.29, 1.82) is 0 Å². The van der Waals surface area contributed by atoms with E-state index in [0.29, 0.717) is 5.56 Å². The van der Waals surface area contributed by atoms with Crippen molar-refractivity contribution in [1.82, 2.24) is 5.32 Å². The number of hydrogen-bond acceptors (Lipinski definition) is 2. The van der Waals surface area contributed by atoms with Crippen LogP contribution in [0.3, 0.4) is 0 Å². The lowest BCUT2D eigenvalue weighted by Gasteiger charge is -2.15. The number of methoxy groups -OCH3 is 1. The first-order valence-corrected chi connectivity index (χ1v) is 5.43. The summed E-state index contributed by atoms with van der Waals surface area (Å²) < 4.78 is 32.5. The Morgan fingerprint density at radius 2 is 2.25 bits per heavy atom. The van der Waals surface area contributed by atoms with E-state index in [-0.39, 0.29) is 18.2 Å². The molecule has 1 aliphatic rings. The summed E-state index contributed by atoms with van der Waals surface area (Å²) in [7, 11) is 1.50. The van der Waals surface area contributed by atoms with Crippen molar-refractivity contribution >= 4 is 0 Å². The van der Waals surface area contributed by atoms with E-state index >= 15 is 0 Å². The second kappa shape index (κ2) is 4.89. The van der Waals surface area contributed by atoms with Crippen molar-refractivity contribution in [2.75, 3.05) is 13.7 Å². The molecule has 1 saturated heterocycles. The lowest BCUT2D eigenvalue weighted by Crippen LogP contribution is -2.17. The molecule has 0 saturated carbocycles. The van der Waals surface area contributed by atoms with Gasteiger partial charge in [0.2, 0.25) is 0 Å². The summed E-state index contributed by atoms with van der Waals surface area (Å²) in [6.07, 6.45) is 1.74. The van der Waals surface area contributed by atoms with Crippen LogP contribution < -0.4 is 5.32 Å². The monoisotopic (exact) mass is 227 g/mol. The molecular formula is C12H15F2NO. The van der Waals surface area contributed by atoms with Crippen LogP contribution in [0.2, 0.25) is 0 Å². The Hall–Kier alpha value is -1.00. The van der Waals surface area contributed by atoms with Gasteiger partial charge < -0.3 is 10.1 Å². The molecule has 2 rings (SSSR count). The number of rotatable bonds is 3. The quantitative estimate of drug-likeness (QED) is 0.856. The number of hydrogen-bond donors (Lipinski definition) is 1. The number of ether oxygens (including phenoxy) is 1. The third-order valence-electron chi connectivity index (χ3n) is 2.92. The zero-order chi connectivity index (χ0) is 11.5. The highest BCUT2D eigenvalue weighted by atomic mass is 19.1. The highest BCUT2D eigenvalue weighted by Crippen LogP contribution is 2.29. The first-order chi connectivity index (χ1) is 7.74. The SMILES string of the molecule is COCc1ccc(F)c(C2CCCN2)c1F. The maximum Gasteiger partial charge on any atom is 0.136 e. The Labute approximate surface area is 93.6 Å². The molecule has 1 aromatic carbocycles. The molecule has 1 aliphatic heterocycles. The molecule has 0 spiro atoms. The van der Waals surface area contributed by atoms with Crippen LogP contribution in [0.25, 0.3) is 0 Å². The summed E-state index contributed by atoms with van der Waals surface area (Å²) in [5.74, 6) is -0.946. The van der Waals surface area contributed by atoms with Crippen LogP contribution in [0.4, 0.5) is 8.78 Å². The van der Waals surface area contributed by atoms with Crippen molar-refractivity contribution in [2.45, 2.75) is 25.5 Å². The fraction of sp³-hybridized carbons (Fsp3) is 0.500. The Morgan fingerprint density at radius 3 is 2.88 bits per heavy atom. The second-order valence-electron chi connectivity index (χ2n) is 4.02. The normalized spacial score (nSPS) is 20.3. The van der Waals surface area contributed by atoms with Gasteiger partial charge in [0, 0.05) is 24.3 Å². The van der Waals surface area contributed by atoms with E-state index in [9.17, 15) is 8.78 Å². The molecule has 0 amide bonds. The first kappa shape index (κ1) is 11.5. The topological polar surface area (TPSA) is 21.3 Å². The van der Waals surface area contributed by atoms with Crippen LogP contribution in [-0.4, -0.2) is 13.7 Å². The summed E-state index contributed by atoms with van der Waals surface area (Å²) in [4.78, 5) is 0. The fourth-order valence-corrected chi connectivity index (χ4v) is 2.13. The fourth-order valence-electron chi connectivity index (χ4n) is 2.13. The summed E-state index contributed by atoms with van der Waals surface area (Å²) in [6.45, 7) is 0.990. The van der Waals surface area contributed by atoms with E-state index in [1.807, 2.05) is 0 Å². The van der Waals surface area contributed by atoms with Crippen LogP contribution in [0.5, 0.6) is 0 Å². The van der Waals surface area contributed by atoms with Gasteiger partial charge in [-0.25, -0.2) is 8.78 Å². The van der Waals surface area contributed by atoms with E-state index in [2.05, 4.69) is 5.32 Å². The van der Waals surface area contributed by atoms with Gasteiger partial charge in [0.05, 0.1) is 6.61 Å². The van der Waals surface area contributed by atoms with Crippen LogP contribution in [-0.2, 0) is 11.3 Å². The summed E-state index contributed by atoms with van der Waals surface area (Å²) in [5.41, 5.74) is 0.569. The molecule has 88 valence electrons. The van der Waals surface area contributed by atoms with Crippen LogP contribution >= 0.6 is 0 Å². The molecule has 0 aromatic heterocycles. The minimum absolute atomic E-state index is 0.159. The van der Waals surface area contributed by atoms with Gasteiger partial charge in [0.25, 0.3) is 0 Å². The van der Waals surface area contributed by atoms with E-state index < -0.39 is 11.6 Å². The second-order valence-corrected chi connectivity index (χ2v) is 4.02. The summed E-state index contributed by atoms with van der Waals surface area (Å²) >= 11 is 0. The van der Waals surface area contributed by atoms with Crippen molar-refractivity contribution in [3.63, 3.8) is 0 Å². The minimum Gasteiger partial charge on any atom is -0.380 e. The minimum atomic E-state index is -0.475. The highest BCUT2D eigenvalue weighted by Gasteiger charge is 2.24. The maximum absolute atomic E-state index is 14.0. The third-order valence-corrected chi connectivity index (χ3v) is 2.92. The van der Waals surface area contributed by atoms with Crippen LogP contribution in [0.15, 0.2) is 12.1 Å². The Morgan fingerprint density at radius 1 is 1.44 bits per heavy atom. The molecule has 1 unspecified atom stereocenters. The molecule has 1 aromatic rings. The van der Waals surface area contributed by atoms with Crippen LogP contribution in [0, 0.1) is 11.6 Å². The molecule has 2 nitrogen and oxygen atoms in total. The Kier molecular flexibility index (Phi) is 3.51. The summed E-state index contributed by atoms with van der Waals surface area (Å²) in [6, 6.07) is 2.55. The number of halogens is 2. The Bertz CT molecular complexity index is 376. The zero-order valence-electron chi connectivity index (χ0n) is 9.22. The van der Waals surface area contributed by atoms with Crippen LogP contribution in [0.1, 0.15) is 30.0 Å². The molecule has 1 fully saturated rings. The average molecular weight is 227 g/mol. The summed E-state index contributed by atoms with van der Waals surface area (Å²) in [5, 5.41) is 3.10. The molecule has 16 heavy (non-hydrogen) atoms. The van der Waals surface area contributed by atoms with Gasteiger partial charge in [-0.05, 0) is 25.5 Å². The maximum atomic E-state index is 14.0. The van der Waals surface area contributed by atoms with Gasteiger partial charge in [-0.3, -0.25) is 0 Å². The number of benzene rings is 1. The lowest BCUT2D eigenvalue weighted by atomic mass is 10.0. The smallest absolute Gasteiger partial charge is 0.136 e. The van der Waals surface area contributed by atoms with Crippen molar-refractivity contribution < 1.29 is 13.5 Å². The van der Waals surface area contributed by atoms with Gasteiger partial charge in [-0.1, -0.05) is 6.07 Å². The molecule has 0 bridgehead atoms. The van der Waals surface area contributed by atoms with Crippen molar-refractivity contribution in [2.24, 2.45) is 0 Å². The third kappa shape index (κ3) is 2.08. The predicted octanol–water partition coefficient (Wildman–Crippen LogP) is 2.54. The lowest BCUT2D eigenvalue weighted by molar-refractivity contribution is 0.181. The predicted molar refractivity (Wildman–Crippen MR) is 57.0 cm³/mol. The molecule has 1 atom stereocenters. The first-order valence-electron chi connectivity index (χ1n) is 5.43. The van der Waals surface area contributed by atoms with E-state index in [0.717, 1.165) is 19.4 Å². The van der Waals surface area contributed by atoms with Crippen molar-refractivity contribution in [3.8, 4) is 0 Å². The van der Waals surface area contributed by atoms with Crippen molar-refractivity contribution in [3.05, 3.63) is 34.9 Å². The standard InChI is InChI=1S/C12H15F2NO/c1-16-7-8-4-5-9(13)11(12(8)14)10-3-2-6-15-10/h4-5,10,15H,2-3,6-7H2,1H3. The molecule has 1 N–H and O–H groups in total.